The van der Waals surface area contributed by atoms with Gasteiger partial charge >= 0.3 is 0 Å². The van der Waals surface area contributed by atoms with Crippen molar-refractivity contribution in [3.63, 3.8) is 0 Å². The number of rotatable bonds is 8. The molecule has 1 aliphatic heterocycles. The number of nitrogens with zero attached hydrogens (tertiary/aromatic N) is 3. The third-order valence-corrected chi connectivity index (χ3v) is 4.69. The fourth-order valence-corrected chi connectivity index (χ4v) is 3.21. The lowest BCUT2D eigenvalue weighted by Crippen LogP contribution is -2.44. The summed E-state index contributed by atoms with van der Waals surface area (Å²) in [6, 6.07) is 8.75. The van der Waals surface area contributed by atoms with Crippen LogP contribution in [0.5, 0.6) is 0 Å². The number of anilines is 1. The van der Waals surface area contributed by atoms with Crippen LogP contribution in [0, 0.1) is 0 Å². The lowest BCUT2D eigenvalue weighted by atomic mass is 10.1. The monoisotopic (exact) mass is 503 g/mol. The molecule has 0 aromatic heterocycles. The molecular weight excluding hydrogens is 469 g/mol. The van der Waals surface area contributed by atoms with Gasteiger partial charge in [0.15, 0.2) is 5.96 Å². The van der Waals surface area contributed by atoms with Crippen LogP contribution < -0.4 is 15.5 Å². The molecule has 0 radical (unpaired) electrons. The topological polar surface area (TPSA) is 69.2 Å². The quantitative estimate of drug-likeness (QED) is 0.246. The van der Waals surface area contributed by atoms with E-state index in [9.17, 15) is 4.79 Å². The average molecular weight is 503 g/mol. The Kier molecular flexibility index (Phi) is 11.9. The van der Waals surface area contributed by atoms with E-state index in [1.807, 2.05) is 11.9 Å². The third-order valence-electron chi connectivity index (χ3n) is 4.69. The Morgan fingerprint density at radius 3 is 2.46 bits per heavy atom. The summed E-state index contributed by atoms with van der Waals surface area (Å²) < 4.78 is 4.92. The van der Waals surface area contributed by atoms with Crippen LogP contribution in [0.4, 0.5) is 5.69 Å². The number of aliphatic imine (C=N–C) groups is 1. The fourth-order valence-electron chi connectivity index (χ4n) is 3.21. The molecule has 0 unspecified atom stereocenters. The van der Waals surface area contributed by atoms with E-state index >= 15 is 0 Å². The van der Waals surface area contributed by atoms with Crippen LogP contribution in [0.1, 0.15) is 24.8 Å². The highest BCUT2D eigenvalue weighted by Gasteiger charge is 2.12. The summed E-state index contributed by atoms with van der Waals surface area (Å²) in [5, 5.41) is 5.88. The molecule has 1 fully saturated rings. The van der Waals surface area contributed by atoms with Gasteiger partial charge in [-0.15, -0.1) is 24.0 Å². The number of hydrogen-bond donors (Lipinski definition) is 2. The molecular formula is C20H34IN5O2. The van der Waals surface area contributed by atoms with Crippen molar-refractivity contribution in [2.75, 3.05) is 58.9 Å². The van der Waals surface area contributed by atoms with Gasteiger partial charge in [-0.2, -0.15) is 0 Å². The van der Waals surface area contributed by atoms with Crippen LogP contribution in [0.2, 0.25) is 0 Å². The van der Waals surface area contributed by atoms with E-state index in [0.717, 1.165) is 19.6 Å². The number of carbonyl (C=O) groups is 1. The zero-order valence-corrected chi connectivity index (χ0v) is 19.6. The molecule has 1 aliphatic rings. The Morgan fingerprint density at radius 1 is 1.18 bits per heavy atom. The highest BCUT2D eigenvalue weighted by atomic mass is 127. The van der Waals surface area contributed by atoms with Gasteiger partial charge in [0, 0.05) is 53.1 Å². The van der Waals surface area contributed by atoms with E-state index in [1.54, 1.807) is 14.2 Å². The van der Waals surface area contributed by atoms with Gasteiger partial charge in [0.1, 0.15) is 0 Å². The predicted molar refractivity (Wildman–Crippen MR) is 126 cm³/mol. The van der Waals surface area contributed by atoms with E-state index in [4.69, 9.17) is 4.74 Å². The number of hydrogen-bond acceptors (Lipinski definition) is 4. The summed E-state index contributed by atoms with van der Waals surface area (Å²) in [6.07, 6.45) is 3.91. The lowest BCUT2D eigenvalue weighted by molar-refractivity contribution is -0.120. The van der Waals surface area contributed by atoms with Crippen molar-refractivity contribution < 1.29 is 9.53 Å². The van der Waals surface area contributed by atoms with Crippen LogP contribution in [0.15, 0.2) is 29.3 Å². The van der Waals surface area contributed by atoms with E-state index in [0.29, 0.717) is 19.1 Å². The number of ether oxygens (including phenoxy) is 1. The minimum atomic E-state index is -0.0764. The Hall–Kier alpha value is -1.55. The van der Waals surface area contributed by atoms with Crippen molar-refractivity contribution in [2.24, 2.45) is 4.99 Å². The van der Waals surface area contributed by atoms with Gasteiger partial charge in [-0.3, -0.25) is 9.79 Å². The number of methoxy groups -OCH3 is 1. The van der Waals surface area contributed by atoms with Gasteiger partial charge in [-0.25, -0.2) is 0 Å². The van der Waals surface area contributed by atoms with Gasteiger partial charge in [-0.1, -0.05) is 12.1 Å². The Morgan fingerprint density at radius 2 is 1.86 bits per heavy atom. The van der Waals surface area contributed by atoms with Gasteiger partial charge < -0.3 is 25.2 Å². The average Bonchev–Trinajstić information content (AvgIpc) is 2.70. The smallest absolute Gasteiger partial charge is 0.239 e. The maximum atomic E-state index is 11.8. The summed E-state index contributed by atoms with van der Waals surface area (Å²) in [5.41, 5.74) is 2.52. The van der Waals surface area contributed by atoms with Crippen molar-refractivity contribution in [3.05, 3.63) is 29.8 Å². The Balaban J connectivity index is 0.00000392. The molecule has 2 rings (SSSR count). The largest absolute Gasteiger partial charge is 0.383 e. The lowest BCUT2D eigenvalue weighted by Gasteiger charge is -2.29. The summed E-state index contributed by atoms with van der Waals surface area (Å²) >= 11 is 0. The predicted octanol–water partition coefficient (Wildman–Crippen LogP) is 2.06. The van der Waals surface area contributed by atoms with Crippen LogP contribution >= 0.6 is 24.0 Å². The van der Waals surface area contributed by atoms with Crippen molar-refractivity contribution in [1.29, 1.82) is 0 Å². The van der Waals surface area contributed by atoms with Crippen LogP contribution in [0.3, 0.4) is 0 Å². The number of carbonyl (C=O) groups excluding carboxylic acids is 1. The number of nitrogens with one attached hydrogen (secondary N) is 2. The second kappa shape index (κ2) is 13.6. The Bertz CT molecular complexity index is 603. The van der Waals surface area contributed by atoms with Crippen molar-refractivity contribution in [3.8, 4) is 0 Å². The molecule has 1 amide bonds. The molecule has 1 heterocycles. The number of amides is 1. The molecule has 1 aromatic carbocycles. The van der Waals surface area contributed by atoms with Crippen molar-refractivity contribution >= 4 is 41.5 Å². The number of halogens is 1. The first-order chi connectivity index (χ1) is 13.1. The minimum Gasteiger partial charge on any atom is -0.383 e. The van der Waals surface area contributed by atoms with E-state index in [1.165, 1.54) is 30.5 Å². The summed E-state index contributed by atoms with van der Waals surface area (Å²) in [4.78, 5) is 20.5. The maximum absolute atomic E-state index is 11.8. The molecule has 0 saturated carbocycles. The summed E-state index contributed by atoms with van der Waals surface area (Å²) in [5.74, 6) is 0.615. The zero-order chi connectivity index (χ0) is 19.5. The summed E-state index contributed by atoms with van der Waals surface area (Å²) in [7, 11) is 5.30. The fraction of sp³-hybridized carbons (Fsp3) is 0.600. The first-order valence-electron chi connectivity index (χ1n) is 9.65. The molecule has 0 bridgehead atoms. The van der Waals surface area contributed by atoms with Gasteiger partial charge in [0.05, 0.1) is 13.2 Å². The molecule has 28 heavy (non-hydrogen) atoms. The third kappa shape index (κ3) is 8.22. The zero-order valence-electron chi connectivity index (χ0n) is 17.2. The van der Waals surface area contributed by atoms with E-state index in [2.05, 4.69) is 44.8 Å². The van der Waals surface area contributed by atoms with Gasteiger partial charge in [-0.05, 0) is 37.0 Å². The molecule has 1 saturated heterocycles. The van der Waals surface area contributed by atoms with Crippen LogP contribution in [-0.4, -0.2) is 70.8 Å². The minimum absolute atomic E-state index is 0. The molecule has 8 heteroatoms. The Labute approximate surface area is 185 Å². The molecule has 2 N–H and O–H groups in total. The molecule has 158 valence electrons. The van der Waals surface area contributed by atoms with Crippen LogP contribution in [0.25, 0.3) is 0 Å². The van der Waals surface area contributed by atoms with Crippen molar-refractivity contribution in [1.82, 2.24) is 15.5 Å². The first-order valence-corrected chi connectivity index (χ1v) is 9.65. The molecule has 0 atom stereocenters. The van der Waals surface area contributed by atoms with Gasteiger partial charge in [0.2, 0.25) is 5.91 Å². The number of benzene rings is 1. The van der Waals surface area contributed by atoms with Crippen molar-refractivity contribution in [2.45, 2.75) is 25.8 Å². The normalized spacial score (nSPS) is 14.2. The molecule has 1 aromatic rings. The van der Waals surface area contributed by atoms with Crippen LogP contribution in [-0.2, 0) is 16.1 Å². The highest BCUT2D eigenvalue weighted by Crippen LogP contribution is 2.20. The summed E-state index contributed by atoms with van der Waals surface area (Å²) in [6.45, 7) is 4.24. The molecule has 0 aliphatic carbocycles. The molecule has 0 spiro atoms. The second-order valence-corrected chi connectivity index (χ2v) is 6.81. The SMILES string of the molecule is CN=C(NCC(=O)NCCOC)N(C)Cc1ccc(N2CCCCC2)cc1.I. The molecule has 7 nitrogen and oxygen atoms in total. The number of guanidine groups is 1. The maximum Gasteiger partial charge on any atom is 0.239 e. The first kappa shape index (κ1) is 24.5. The number of piperidine rings is 1. The van der Waals surface area contributed by atoms with E-state index in [-0.39, 0.29) is 36.4 Å². The van der Waals surface area contributed by atoms with Gasteiger partial charge in [0.25, 0.3) is 0 Å². The van der Waals surface area contributed by atoms with E-state index < -0.39 is 0 Å². The highest BCUT2D eigenvalue weighted by molar-refractivity contribution is 14.0. The second-order valence-electron chi connectivity index (χ2n) is 6.81. The standard InChI is InChI=1S/C20H33N5O2.HI/c1-21-20(23-15-19(26)22-11-14-27-3)24(2)16-17-7-9-18(10-8-17)25-12-5-4-6-13-25;/h7-10H,4-6,11-16H2,1-3H3,(H,21,23)(H,22,26);1H.